The zero-order valence-corrected chi connectivity index (χ0v) is 13.4. The van der Waals surface area contributed by atoms with Crippen molar-refractivity contribution in [3.05, 3.63) is 0 Å². The van der Waals surface area contributed by atoms with Gasteiger partial charge in [0.25, 0.3) is 0 Å². The molecule has 5 unspecified atom stereocenters. The van der Waals surface area contributed by atoms with Crippen LogP contribution in [0.4, 0.5) is 0 Å². The molecule has 3 fully saturated rings. The topological polar surface area (TPSA) is 29.3 Å². The van der Waals surface area contributed by atoms with E-state index in [1.807, 2.05) is 0 Å². The van der Waals surface area contributed by atoms with Crippen molar-refractivity contribution in [3.63, 3.8) is 0 Å². The van der Waals surface area contributed by atoms with Crippen molar-refractivity contribution in [1.29, 1.82) is 0 Å². The van der Waals surface area contributed by atoms with Crippen LogP contribution in [-0.2, 0) is 0 Å². The first kappa shape index (κ1) is 14.8. The Hall–Kier alpha value is -0.0800. The lowest BCUT2D eigenvalue weighted by atomic mass is 9.72. The maximum absolute atomic E-state index is 6.09. The third-order valence-corrected chi connectivity index (χ3v) is 6.74. The van der Waals surface area contributed by atoms with E-state index in [9.17, 15) is 0 Å². The molecule has 1 heterocycles. The molecule has 0 amide bonds. The van der Waals surface area contributed by atoms with Gasteiger partial charge in [-0.2, -0.15) is 0 Å². The summed E-state index contributed by atoms with van der Waals surface area (Å²) in [5.41, 5.74) is 6.09. The van der Waals surface area contributed by atoms with E-state index in [-0.39, 0.29) is 0 Å². The smallest absolute Gasteiger partial charge is 0.0138 e. The van der Waals surface area contributed by atoms with Crippen molar-refractivity contribution < 1.29 is 0 Å². The first-order valence-electron chi connectivity index (χ1n) is 9.26. The predicted octanol–water partition coefficient (Wildman–Crippen LogP) is 3.65. The SMILES string of the molecule is CCC1CCC(CN)C(N2CCC3CCCCC3C2)C1. The summed E-state index contributed by atoms with van der Waals surface area (Å²) in [6.07, 6.45) is 13.1. The summed E-state index contributed by atoms with van der Waals surface area (Å²) in [5, 5.41) is 0. The fourth-order valence-electron chi connectivity index (χ4n) is 5.32. The molecule has 2 saturated carbocycles. The van der Waals surface area contributed by atoms with Crippen LogP contribution in [-0.4, -0.2) is 30.6 Å². The van der Waals surface area contributed by atoms with Gasteiger partial charge in [0.05, 0.1) is 0 Å². The quantitative estimate of drug-likeness (QED) is 0.854. The predicted molar refractivity (Wildman–Crippen MR) is 85.6 cm³/mol. The van der Waals surface area contributed by atoms with E-state index >= 15 is 0 Å². The van der Waals surface area contributed by atoms with E-state index in [0.29, 0.717) is 0 Å². The number of piperidine rings is 1. The average molecular weight is 278 g/mol. The maximum Gasteiger partial charge on any atom is 0.0138 e. The maximum atomic E-state index is 6.09. The number of hydrogen-bond donors (Lipinski definition) is 1. The van der Waals surface area contributed by atoms with Gasteiger partial charge in [-0.1, -0.05) is 39.0 Å². The van der Waals surface area contributed by atoms with E-state index in [0.717, 1.165) is 36.3 Å². The van der Waals surface area contributed by atoms with Gasteiger partial charge >= 0.3 is 0 Å². The normalized spacial score (nSPS) is 43.2. The molecule has 2 aliphatic carbocycles. The molecule has 3 aliphatic rings. The Morgan fingerprint density at radius 2 is 1.80 bits per heavy atom. The first-order chi connectivity index (χ1) is 9.81. The summed E-state index contributed by atoms with van der Waals surface area (Å²) in [6.45, 7) is 6.03. The van der Waals surface area contributed by atoms with Crippen LogP contribution in [0.2, 0.25) is 0 Å². The molecule has 0 aromatic heterocycles. The molecular weight excluding hydrogens is 244 g/mol. The molecule has 0 aromatic carbocycles. The summed E-state index contributed by atoms with van der Waals surface area (Å²) in [7, 11) is 0. The highest BCUT2D eigenvalue weighted by molar-refractivity contribution is 4.92. The Labute approximate surface area is 125 Å². The van der Waals surface area contributed by atoms with Gasteiger partial charge in [-0.25, -0.2) is 0 Å². The average Bonchev–Trinajstić information content (AvgIpc) is 2.53. The van der Waals surface area contributed by atoms with Crippen molar-refractivity contribution in [2.45, 2.75) is 70.8 Å². The lowest BCUT2D eigenvalue weighted by molar-refractivity contribution is 0.0115. The van der Waals surface area contributed by atoms with Crippen LogP contribution in [0.5, 0.6) is 0 Å². The van der Waals surface area contributed by atoms with E-state index in [1.54, 1.807) is 0 Å². The molecule has 20 heavy (non-hydrogen) atoms. The van der Waals surface area contributed by atoms with Crippen LogP contribution in [0.15, 0.2) is 0 Å². The minimum atomic E-state index is 0.776. The molecule has 0 radical (unpaired) electrons. The second-order valence-electron chi connectivity index (χ2n) is 7.74. The molecule has 2 heteroatoms. The molecule has 0 bridgehead atoms. The minimum absolute atomic E-state index is 0.776. The van der Waals surface area contributed by atoms with Crippen LogP contribution in [0, 0.1) is 23.7 Å². The largest absolute Gasteiger partial charge is 0.330 e. The highest BCUT2D eigenvalue weighted by Gasteiger charge is 2.38. The standard InChI is InChI=1S/C18H34N2/c1-2-14-7-8-16(12-19)18(11-14)20-10-9-15-5-3-4-6-17(15)13-20/h14-18H,2-13,19H2,1H3. The van der Waals surface area contributed by atoms with Gasteiger partial charge in [-0.15, -0.1) is 0 Å². The van der Waals surface area contributed by atoms with Crippen molar-refractivity contribution in [1.82, 2.24) is 4.90 Å². The van der Waals surface area contributed by atoms with E-state index < -0.39 is 0 Å². The molecule has 5 atom stereocenters. The van der Waals surface area contributed by atoms with Crippen molar-refractivity contribution in [2.24, 2.45) is 29.4 Å². The summed E-state index contributed by atoms with van der Waals surface area (Å²) in [5.74, 6) is 3.81. The summed E-state index contributed by atoms with van der Waals surface area (Å²) in [6, 6.07) is 0.807. The third kappa shape index (κ3) is 3.06. The van der Waals surface area contributed by atoms with Crippen LogP contribution in [0.1, 0.15) is 64.7 Å². The molecule has 0 spiro atoms. The number of likely N-dealkylation sites (tertiary alicyclic amines) is 1. The van der Waals surface area contributed by atoms with Crippen molar-refractivity contribution in [3.8, 4) is 0 Å². The van der Waals surface area contributed by atoms with Gasteiger partial charge < -0.3 is 5.73 Å². The monoisotopic (exact) mass is 278 g/mol. The van der Waals surface area contributed by atoms with Crippen LogP contribution < -0.4 is 5.73 Å². The fourth-order valence-corrected chi connectivity index (χ4v) is 5.32. The third-order valence-electron chi connectivity index (χ3n) is 6.74. The minimum Gasteiger partial charge on any atom is -0.330 e. The van der Waals surface area contributed by atoms with Crippen molar-refractivity contribution >= 4 is 0 Å². The lowest BCUT2D eigenvalue weighted by Gasteiger charge is -2.48. The summed E-state index contributed by atoms with van der Waals surface area (Å²) < 4.78 is 0. The second kappa shape index (κ2) is 6.79. The molecular formula is C18H34N2. The van der Waals surface area contributed by atoms with Gasteiger partial charge in [0.2, 0.25) is 0 Å². The summed E-state index contributed by atoms with van der Waals surface area (Å²) in [4.78, 5) is 2.87. The summed E-state index contributed by atoms with van der Waals surface area (Å²) >= 11 is 0. The van der Waals surface area contributed by atoms with Crippen LogP contribution in [0.25, 0.3) is 0 Å². The Kier molecular flexibility index (Phi) is 5.04. The number of nitrogens with two attached hydrogens (primary N) is 1. The molecule has 1 saturated heterocycles. The number of fused-ring (bicyclic) bond motifs is 1. The zero-order valence-electron chi connectivity index (χ0n) is 13.4. The van der Waals surface area contributed by atoms with E-state index in [2.05, 4.69) is 11.8 Å². The first-order valence-corrected chi connectivity index (χ1v) is 9.26. The van der Waals surface area contributed by atoms with Gasteiger partial charge in [0.15, 0.2) is 0 Å². The lowest BCUT2D eigenvalue weighted by Crippen LogP contribution is -2.52. The van der Waals surface area contributed by atoms with E-state index in [1.165, 1.54) is 70.9 Å². The second-order valence-corrected chi connectivity index (χ2v) is 7.74. The highest BCUT2D eigenvalue weighted by atomic mass is 15.2. The van der Waals surface area contributed by atoms with Crippen LogP contribution in [0.3, 0.4) is 0 Å². The molecule has 2 N–H and O–H groups in total. The molecule has 1 aliphatic heterocycles. The highest BCUT2D eigenvalue weighted by Crippen LogP contribution is 2.40. The molecule has 116 valence electrons. The molecule has 0 aromatic rings. The Morgan fingerprint density at radius 1 is 1.00 bits per heavy atom. The Morgan fingerprint density at radius 3 is 2.55 bits per heavy atom. The number of hydrogen-bond acceptors (Lipinski definition) is 2. The van der Waals surface area contributed by atoms with Gasteiger partial charge in [-0.05, 0) is 62.4 Å². The van der Waals surface area contributed by atoms with Gasteiger partial charge in [0, 0.05) is 12.6 Å². The zero-order chi connectivity index (χ0) is 13.9. The van der Waals surface area contributed by atoms with Crippen LogP contribution >= 0.6 is 0 Å². The number of nitrogens with zero attached hydrogens (tertiary/aromatic N) is 1. The molecule has 2 nitrogen and oxygen atoms in total. The van der Waals surface area contributed by atoms with Gasteiger partial charge in [-0.3, -0.25) is 4.90 Å². The van der Waals surface area contributed by atoms with Gasteiger partial charge in [0.1, 0.15) is 0 Å². The number of rotatable bonds is 3. The Bertz CT molecular complexity index is 304. The Balaban J connectivity index is 1.63. The molecule has 3 rings (SSSR count). The van der Waals surface area contributed by atoms with E-state index in [4.69, 9.17) is 5.73 Å². The van der Waals surface area contributed by atoms with Crippen molar-refractivity contribution in [2.75, 3.05) is 19.6 Å². The fraction of sp³-hybridized carbons (Fsp3) is 1.00.